The second-order valence-corrected chi connectivity index (χ2v) is 3.60. The summed E-state index contributed by atoms with van der Waals surface area (Å²) in [5, 5.41) is 0. The average molecular weight is 198 g/mol. The minimum absolute atomic E-state index is 0.899. The monoisotopic (exact) mass is 198 g/mol. The van der Waals surface area contributed by atoms with Crippen molar-refractivity contribution < 1.29 is 4.74 Å². The third-order valence-electron chi connectivity index (χ3n) is 2.56. The zero-order valence-corrected chi connectivity index (χ0v) is 8.86. The highest BCUT2D eigenvalue weighted by atomic mass is 16.5. The molecule has 0 aliphatic heterocycles. The third kappa shape index (κ3) is 2.18. The molecule has 0 saturated heterocycles. The SMILES string of the molecule is C=C1C=CC=C1Cc1ccc(OC)cc1. The van der Waals surface area contributed by atoms with Gasteiger partial charge in [0.1, 0.15) is 5.75 Å². The highest BCUT2D eigenvalue weighted by Gasteiger charge is 2.05. The van der Waals surface area contributed by atoms with Gasteiger partial charge in [0, 0.05) is 0 Å². The lowest BCUT2D eigenvalue weighted by Gasteiger charge is -2.05. The Bertz CT molecular complexity index is 421. The predicted molar refractivity (Wildman–Crippen MR) is 63.1 cm³/mol. The highest BCUT2D eigenvalue weighted by Crippen LogP contribution is 2.22. The van der Waals surface area contributed by atoms with Crippen LogP contribution in [0.5, 0.6) is 5.75 Å². The Morgan fingerprint density at radius 1 is 1.20 bits per heavy atom. The van der Waals surface area contributed by atoms with E-state index in [1.165, 1.54) is 11.1 Å². The van der Waals surface area contributed by atoms with E-state index in [4.69, 9.17) is 4.74 Å². The molecule has 1 aromatic rings. The summed E-state index contributed by atoms with van der Waals surface area (Å²) in [6.07, 6.45) is 7.14. The Hall–Kier alpha value is -1.76. The maximum absolute atomic E-state index is 5.12. The van der Waals surface area contributed by atoms with Gasteiger partial charge in [-0.2, -0.15) is 0 Å². The molecule has 1 aromatic carbocycles. The molecule has 0 amide bonds. The molecule has 1 aliphatic rings. The molecule has 0 radical (unpaired) electrons. The summed E-state index contributed by atoms with van der Waals surface area (Å²) in [4.78, 5) is 0. The zero-order valence-electron chi connectivity index (χ0n) is 8.86. The van der Waals surface area contributed by atoms with Crippen molar-refractivity contribution >= 4 is 0 Å². The van der Waals surface area contributed by atoms with Crippen LogP contribution in [-0.2, 0) is 6.42 Å². The van der Waals surface area contributed by atoms with Crippen molar-refractivity contribution in [2.24, 2.45) is 0 Å². The van der Waals surface area contributed by atoms with Crippen LogP contribution in [0.15, 0.2) is 60.2 Å². The maximum Gasteiger partial charge on any atom is 0.118 e. The maximum atomic E-state index is 5.12. The smallest absolute Gasteiger partial charge is 0.118 e. The zero-order chi connectivity index (χ0) is 10.7. The molecule has 15 heavy (non-hydrogen) atoms. The molecule has 0 atom stereocenters. The van der Waals surface area contributed by atoms with E-state index in [9.17, 15) is 0 Å². The second kappa shape index (κ2) is 4.18. The van der Waals surface area contributed by atoms with Crippen molar-refractivity contribution in [2.75, 3.05) is 7.11 Å². The van der Waals surface area contributed by atoms with Crippen LogP contribution in [0.3, 0.4) is 0 Å². The minimum atomic E-state index is 0.899. The van der Waals surface area contributed by atoms with E-state index in [2.05, 4.69) is 24.8 Å². The van der Waals surface area contributed by atoms with Gasteiger partial charge in [-0.05, 0) is 35.3 Å². The Labute approximate surface area is 90.4 Å². The van der Waals surface area contributed by atoms with Gasteiger partial charge in [0.15, 0.2) is 0 Å². The summed E-state index contributed by atoms with van der Waals surface area (Å²) in [6, 6.07) is 8.15. The summed E-state index contributed by atoms with van der Waals surface area (Å²) in [6.45, 7) is 3.99. The minimum Gasteiger partial charge on any atom is -0.497 e. The lowest BCUT2D eigenvalue weighted by molar-refractivity contribution is 0.414. The summed E-state index contributed by atoms with van der Waals surface area (Å²) >= 11 is 0. The number of benzene rings is 1. The van der Waals surface area contributed by atoms with Crippen LogP contribution in [0.4, 0.5) is 0 Å². The van der Waals surface area contributed by atoms with Crippen LogP contribution in [0.2, 0.25) is 0 Å². The number of ether oxygens (including phenoxy) is 1. The molecule has 0 N–H and O–H groups in total. The van der Waals surface area contributed by atoms with E-state index < -0.39 is 0 Å². The number of hydrogen-bond acceptors (Lipinski definition) is 1. The normalized spacial score (nSPS) is 14.2. The van der Waals surface area contributed by atoms with Crippen molar-refractivity contribution in [1.82, 2.24) is 0 Å². The molecule has 76 valence electrons. The van der Waals surface area contributed by atoms with E-state index in [1.807, 2.05) is 24.3 Å². The first-order valence-electron chi connectivity index (χ1n) is 4.99. The number of hydrogen-bond donors (Lipinski definition) is 0. The van der Waals surface area contributed by atoms with Crippen molar-refractivity contribution in [3.8, 4) is 5.75 Å². The van der Waals surface area contributed by atoms with Gasteiger partial charge in [-0.1, -0.05) is 36.9 Å². The highest BCUT2D eigenvalue weighted by molar-refractivity contribution is 5.48. The molecule has 0 fully saturated rings. The number of methoxy groups -OCH3 is 1. The van der Waals surface area contributed by atoms with Gasteiger partial charge >= 0.3 is 0 Å². The van der Waals surface area contributed by atoms with Crippen LogP contribution in [0.25, 0.3) is 0 Å². The largest absolute Gasteiger partial charge is 0.497 e. The van der Waals surface area contributed by atoms with Gasteiger partial charge in [0.2, 0.25) is 0 Å². The van der Waals surface area contributed by atoms with Gasteiger partial charge in [0.05, 0.1) is 7.11 Å². The van der Waals surface area contributed by atoms with Crippen LogP contribution in [-0.4, -0.2) is 7.11 Å². The molecular weight excluding hydrogens is 184 g/mol. The molecule has 0 unspecified atom stereocenters. The lowest BCUT2D eigenvalue weighted by Crippen LogP contribution is -1.90. The molecule has 2 rings (SSSR count). The fourth-order valence-corrected chi connectivity index (χ4v) is 1.63. The fourth-order valence-electron chi connectivity index (χ4n) is 1.63. The van der Waals surface area contributed by atoms with E-state index >= 15 is 0 Å². The van der Waals surface area contributed by atoms with Gasteiger partial charge in [-0.15, -0.1) is 0 Å². The predicted octanol–water partition coefficient (Wildman–Crippen LogP) is 3.29. The Morgan fingerprint density at radius 2 is 1.93 bits per heavy atom. The van der Waals surface area contributed by atoms with E-state index in [1.54, 1.807) is 7.11 Å². The van der Waals surface area contributed by atoms with Gasteiger partial charge in [-0.25, -0.2) is 0 Å². The van der Waals surface area contributed by atoms with E-state index in [0.29, 0.717) is 0 Å². The van der Waals surface area contributed by atoms with Gasteiger partial charge < -0.3 is 4.74 Å². The molecule has 1 heteroatoms. The van der Waals surface area contributed by atoms with E-state index in [0.717, 1.165) is 17.7 Å². The summed E-state index contributed by atoms with van der Waals surface area (Å²) in [5.74, 6) is 0.899. The van der Waals surface area contributed by atoms with Crippen molar-refractivity contribution in [2.45, 2.75) is 6.42 Å². The molecule has 1 aliphatic carbocycles. The van der Waals surface area contributed by atoms with Crippen LogP contribution in [0.1, 0.15) is 5.56 Å². The van der Waals surface area contributed by atoms with Gasteiger partial charge in [-0.3, -0.25) is 0 Å². The van der Waals surface area contributed by atoms with Crippen molar-refractivity contribution in [3.63, 3.8) is 0 Å². The lowest BCUT2D eigenvalue weighted by atomic mass is 10.0. The van der Waals surface area contributed by atoms with Gasteiger partial charge in [0.25, 0.3) is 0 Å². The first-order chi connectivity index (χ1) is 7.29. The number of allylic oxidation sites excluding steroid dienone is 5. The van der Waals surface area contributed by atoms with Crippen LogP contribution in [0, 0.1) is 0 Å². The molecular formula is C14H14O. The molecule has 1 nitrogen and oxygen atoms in total. The first-order valence-corrected chi connectivity index (χ1v) is 4.99. The molecule has 0 saturated carbocycles. The Balaban J connectivity index is 2.08. The molecule has 0 aromatic heterocycles. The quantitative estimate of drug-likeness (QED) is 0.724. The van der Waals surface area contributed by atoms with Crippen LogP contribution < -0.4 is 4.74 Å². The number of rotatable bonds is 3. The summed E-state index contributed by atoms with van der Waals surface area (Å²) < 4.78 is 5.12. The standard InChI is InChI=1S/C14H14O/c1-11-4-3-5-13(11)10-12-6-8-14(15-2)9-7-12/h3-9H,1,10H2,2H3. The Morgan fingerprint density at radius 3 is 2.47 bits per heavy atom. The third-order valence-corrected chi connectivity index (χ3v) is 2.56. The second-order valence-electron chi connectivity index (χ2n) is 3.60. The average Bonchev–Trinajstić information content (AvgIpc) is 2.66. The van der Waals surface area contributed by atoms with Crippen molar-refractivity contribution in [3.05, 3.63) is 65.8 Å². The summed E-state index contributed by atoms with van der Waals surface area (Å²) in [5.41, 5.74) is 3.69. The fraction of sp³-hybridized carbons (Fsp3) is 0.143. The summed E-state index contributed by atoms with van der Waals surface area (Å²) in [7, 11) is 1.68. The molecule has 0 bridgehead atoms. The van der Waals surface area contributed by atoms with E-state index in [-0.39, 0.29) is 0 Å². The molecule has 0 spiro atoms. The Kier molecular flexibility index (Phi) is 2.72. The van der Waals surface area contributed by atoms with Crippen LogP contribution >= 0.6 is 0 Å². The molecule has 0 heterocycles. The first kappa shape index (κ1) is 9.78. The van der Waals surface area contributed by atoms with Crippen molar-refractivity contribution in [1.29, 1.82) is 0 Å². The topological polar surface area (TPSA) is 9.23 Å².